The van der Waals surface area contributed by atoms with Crippen molar-refractivity contribution in [2.75, 3.05) is 24.2 Å². The van der Waals surface area contributed by atoms with Crippen molar-refractivity contribution in [2.24, 2.45) is 5.41 Å². The number of nitrogen functional groups attached to an aromatic ring is 1. The quantitative estimate of drug-likeness (QED) is 0.736. The van der Waals surface area contributed by atoms with Gasteiger partial charge in [0.05, 0.1) is 6.61 Å². The number of aliphatic hydroxyl groups is 1. The van der Waals surface area contributed by atoms with Gasteiger partial charge in [0, 0.05) is 27.8 Å². The van der Waals surface area contributed by atoms with Crippen molar-refractivity contribution in [3.05, 3.63) is 22.7 Å². The van der Waals surface area contributed by atoms with E-state index in [2.05, 4.69) is 21.2 Å². The van der Waals surface area contributed by atoms with Gasteiger partial charge in [0.1, 0.15) is 0 Å². The van der Waals surface area contributed by atoms with E-state index in [-0.39, 0.29) is 12.0 Å². The Hall–Kier alpha value is -0.740. The van der Waals surface area contributed by atoms with E-state index in [1.807, 2.05) is 18.2 Å². The number of rotatable bonds is 4. The molecule has 1 aliphatic carbocycles. The molecule has 4 heteroatoms. The van der Waals surface area contributed by atoms with Crippen LogP contribution in [0.15, 0.2) is 22.7 Å². The molecule has 3 nitrogen and oxygen atoms in total. The summed E-state index contributed by atoms with van der Waals surface area (Å²) >= 11 is 3.45. The lowest BCUT2D eigenvalue weighted by Crippen LogP contribution is -2.19. The number of aliphatic hydroxyl groups excluding tert-OH is 1. The minimum absolute atomic E-state index is 0.126. The summed E-state index contributed by atoms with van der Waals surface area (Å²) in [6, 6.07) is 5.69. The second kappa shape index (κ2) is 4.02. The van der Waals surface area contributed by atoms with Gasteiger partial charge in [-0.15, -0.1) is 0 Å². The van der Waals surface area contributed by atoms with Gasteiger partial charge >= 0.3 is 0 Å². The number of anilines is 2. The van der Waals surface area contributed by atoms with Gasteiger partial charge in [-0.25, -0.2) is 0 Å². The molecular weight excluding hydrogens is 256 g/mol. The molecule has 82 valence electrons. The molecule has 1 fully saturated rings. The summed E-state index contributed by atoms with van der Waals surface area (Å²) in [5.74, 6) is 0. The van der Waals surface area contributed by atoms with Crippen LogP contribution in [0.4, 0.5) is 11.4 Å². The fourth-order valence-corrected chi connectivity index (χ4v) is 2.06. The van der Waals surface area contributed by atoms with Crippen LogP contribution < -0.4 is 11.1 Å². The fourth-order valence-electron chi connectivity index (χ4n) is 1.53. The first kappa shape index (κ1) is 10.8. The molecule has 0 spiro atoms. The Bertz CT molecular complexity index is 364. The molecule has 0 unspecified atom stereocenters. The van der Waals surface area contributed by atoms with Gasteiger partial charge in [-0.1, -0.05) is 0 Å². The first-order valence-corrected chi connectivity index (χ1v) is 5.84. The lowest BCUT2D eigenvalue weighted by atomic mass is 10.1. The highest BCUT2D eigenvalue weighted by molar-refractivity contribution is 9.10. The fraction of sp³-hybridized carbons (Fsp3) is 0.455. The Morgan fingerprint density at radius 3 is 2.73 bits per heavy atom. The second-order valence-corrected chi connectivity index (χ2v) is 5.11. The molecule has 1 aliphatic rings. The Labute approximate surface area is 97.8 Å². The van der Waals surface area contributed by atoms with Gasteiger partial charge in [-0.05, 0) is 47.0 Å². The van der Waals surface area contributed by atoms with Gasteiger partial charge in [0.15, 0.2) is 0 Å². The van der Waals surface area contributed by atoms with E-state index in [1.54, 1.807) is 0 Å². The average molecular weight is 271 g/mol. The molecule has 2 rings (SSSR count). The lowest BCUT2D eigenvalue weighted by molar-refractivity contribution is 0.220. The molecule has 1 aromatic carbocycles. The molecular formula is C11H15BrN2O. The number of nitrogens with one attached hydrogen (secondary N) is 1. The van der Waals surface area contributed by atoms with Gasteiger partial charge in [0.2, 0.25) is 0 Å². The highest BCUT2D eigenvalue weighted by Crippen LogP contribution is 2.45. The maximum Gasteiger partial charge on any atom is 0.0504 e. The topological polar surface area (TPSA) is 58.3 Å². The van der Waals surface area contributed by atoms with E-state index < -0.39 is 0 Å². The van der Waals surface area contributed by atoms with Crippen molar-refractivity contribution in [1.82, 2.24) is 0 Å². The highest BCUT2D eigenvalue weighted by Gasteiger charge is 2.41. The molecule has 0 amide bonds. The van der Waals surface area contributed by atoms with E-state index >= 15 is 0 Å². The predicted octanol–water partition coefficient (Wildman–Crippen LogP) is 2.22. The molecule has 0 aromatic heterocycles. The smallest absolute Gasteiger partial charge is 0.0504 e. The van der Waals surface area contributed by atoms with Crippen LogP contribution in [0.3, 0.4) is 0 Å². The highest BCUT2D eigenvalue weighted by atomic mass is 79.9. The molecule has 0 bridgehead atoms. The summed E-state index contributed by atoms with van der Waals surface area (Å²) in [6.45, 7) is 1.10. The third-order valence-electron chi connectivity index (χ3n) is 2.94. The van der Waals surface area contributed by atoms with Crippen molar-refractivity contribution in [3.8, 4) is 0 Å². The largest absolute Gasteiger partial charge is 0.399 e. The van der Waals surface area contributed by atoms with E-state index in [0.717, 1.165) is 35.2 Å². The molecule has 4 N–H and O–H groups in total. The first-order chi connectivity index (χ1) is 7.15. The average Bonchev–Trinajstić information content (AvgIpc) is 2.97. The SMILES string of the molecule is Nc1ccc(NCC2(CO)CC2)c(Br)c1. The molecule has 0 atom stereocenters. The summed E-state index contributed by atoms with van der Waals surface area (Å²) in [6.07, 6.45) is 2.23. The second-order valence-electron chi connectivity index (χ2n) is 4.25. The summed E-state index contributed by atoms with van der Waals surface area (Å²) < 4.78 is 0.969. The standard InChI is InChI=1S/C11H15BrN2O/c12-9-5-8(13)1-2-10(9)14-6-11(7-15)3-4-11/h1-2,5,14-15H,3-4,6-7,13H2. The number of benzene rings is 1. The van der Waals surface area contributed by atoms with E-state index in [0.29, 0.717) is 0 Å². The van der Waals surface area contributed by atoms with Crippen molar-refractivity contribution < 1.29 is 5.11 Å². The first-order valence-electron chi connectivity index (χ1n) is 5.05. The van der Waals surface area contributed by atoms with Crippen molar-refractivity contribution in [1.29, 1.82) is 0 Å². The molecule has 0 radical (unpaired) electrons. The normalized spacial score (nSPS) is 17.5. The zero-order chi connectivity index (χ0) is 10.9. The molecule has 0 heterocycles. The lowest BCUT2D eigenvalue weighted by Gasteiger charge is -2.15. The molecule has 0 saturated heterocycles. The van der Waals surface area contributed by atoms with E-state index in [4.69, 9.17) is 5.73 Å². The number of hydrogen-bond donors (Lipinski definition) is 3. The van der Waals surface area contributed by atoms with Gasteiger partial charge < -0.3 is 16.2 Å². The summed E-state index contributed by atoms with van der Waals surface area (Å²) in [7, 11) is 0. The Kier molecular flexibility index (Phi) is 2.89. The molecule has 0 aliphatic heterocycles. The van der Waals surface area contributed by atoms with Gasteiger partial charge in [-0.3, -0.25) is 0 Å². The van der Waals surface area contributed by atoms with Crippen molar-refractivity contribution >= 4 is 27.3 Å². The zero-order valence-electron chi connectivity index (χ0n) is 8.46. The minimum atomic E-state index is 0.126. The van der Waals surface area contributed by atoms with Crippen LogP contribution >= 0.6 is 15.9 Å². The zero-order valence-corrected chi connectivity index (χ0v) is 10.0. The summed E-state index contributed by atoms with van der Waals surface area (Å²) in [5.41, 5.74) is 7.55. The molecule has 15 heavy (non-hydrogen) atoms. The Balaban J connectivity index is 1.99. The third-order valence-corrected chi connectivity index (χ3v) is 3.60. The number of halogens is 1. The summed E-state index contributed by atoms with van der Waals surface area (Å²) in [4.78, 5) is 0. The van der Waals surface area contributed by atoms with E-state index in [9.17, 15) is 5.11 Å². The predicted molar refractivity (Wildman–Crippen MR) is 65.8 cm³/mol. The van der Waals surface area contributed by atoms with Crippen LogP contribution in [-0.2, 0) is 0 Å². The van der Waals surface area contributed by atoms with Crippen LogP contribution in [0.25, 0.3) is 0 Å². The summed E-state index contributed by atoms with van der Waals surface area (Å²) in [5, 5.41) is 12.5. The monoisotopic (exact) mass is 270 g/mol. The van der Waals surface area contributed by atoms with Crippen LogP contribution in [0.5, 0.6) is 0 Å². The maximum atomic E-state index is 9.18. The van der Waals surface area contributed by atoms with Gasteiger partial charge in [0.25, 0.3) is 0 Å². The van der Waals surface area contributed by atoms with Crippen LogP contribution in [-0.4, -0.2) is 18.3 Å². The van der Waals surface area contributed by atoms with Crippen LogP contribution in [0, 0.1) is 5.41 Å². The van der Waals surface area contributed by atoms with E-state index in [1.165, 1.54) is 0 Å². The van der Waals surface area contributed by atoms with Crippen LogP contribution in [0.1, 0.15) is 12.8 Å². The van der Waals surface area contributed by atoms with Crippen molar-refractivity contribution in [3.63, 3.8) is 0 Å². The third kappa shape index (κ3) is 2.44. The van der Waals surface area contributed by atoms with Gasteiger partial charge in [-0.2, -0.15) is 0 Å². The van der Waals surface area contributed by atoms with Crippen LogP contribution in [0.2, 0.25) is 0 Å². The number of nitrogens with two attached hydrogens (primary N) is 1. The minimum Gasteiger partial charge on any atom is -0.399 e. The maximum absolute atomic E-state index is 9.18. The Morgan fingerprint density at radius 2 is 2.20 bits per heavy atom. The Morgan fingerprint density at radius 1 is 1.47 bits per heavy atom. The molecule has 1 aromatic rings. The number of hydrogen-bond acceptors (Lipinski definition) is 3. The van der Waals surface area contributed by atoms with Crippen molar-refractivity contribution in [2.45, 2.75) is 12.8 Å². The molecule has 1 saturated carbocycles.